The number of nitrogens with one attached hydrogen (secondary N) is 1. The summed E-state index contributed by atoms with van der Waals surface area (Å²) in [5.74, 6) is 0.0463. The van der Waals surface area contributed by atoms with Crippen LogP contribution in [0, 0.1) is 0 Å². The molecule has 1 aromatic heterocycles. The molecule has 1 atom stereocenters. The molecule has 2 rings (SSSR count). The van der Waals surface area contributed by atoms with Crippen molar-refractivity contribution in [2.24, 2.45) is 0 Å². The third-order valence-corrected chi connectivity index (χ3v) is 3.46. The normalized spacial score (nSPS) is 12.6. The Bertz CT molecular complexity index is 579. The fourth-order valence-corrected chi connectivity index (χ4v) is 2.16. The van der Waals surface area contributed by atoms with Gasteiger partial charge in [0.25, 0.3) is 0 Å². The first-order valence-electron chi connectivity index (χ1n) is 6.52. The van der Waals surface area contributed by atoms with Crippen LogP contribution >= 0.6 is 11.6 Å². The van der Waals surface area contributed by atoms with Crippen LogP contribution in [0.1, 0.15) is 26.7 Å². The molecule has 2 aromatic rings. The summed E-state index contributed by atoms with van der Waals surface area (Å²) in [5.41, 5.74) is 0.962. The van der Waals surface area contributed by atoms with Gasteiger partial charge < -0.3 is 5.32 Å². The largest absolute Gasteiger partial charge is 0.354 e. The average Bonchev–Trinajstić information content (AvgIpc) is 2.74. The highest BCUT2D eigenvalue weighted by Gasteiger charge is 2.10. The number of para-hydroxylation sites is 1. The van der Waals surface area contributed by atoms with E-state index in [1.165, 1.54) is 0 Å². The molecule has 0 spiro atoms. The molecule has 1 N–H and O–H groups in total. The topological polar surface area (TPSA) is 46.9 Å². The Hall–Kier alpha value is -1.55. The summed E-state index contributed by atoms with van der Waals surface area (Å²) in [5, 5.41) is 8.61. The molecule has 0 saturated heterocycles. The molecule has 0 aliphatic heterocycles. The molecular formula is C14H18ClN3O. The molecule has 0 aliphatic carbocycles. The van der Waals surface area contributed by atoms with E-state index in [2.05, 4.69) is 10.4 Å². The van der Waals surface area contributed by atoms with Crippen molar-refractivity contribution in [3.8, 4) is 0 Å². The van der Waals surface area contributed by atoms with Crippen molar-refractivity contribution in [3.63, 3.8) is 0 Å². The van der Waals surface area contributed by atoms with Gasteiger partial charge in [-0.1, -0.05) is 30.7 Å². The number of nitrogens with zero attached hydrogens (tertiary/aromatic N) is 2. The summed E-state index contributed by atoms with van der Waals surface area (Å²) >= 11 is 6.07. The minimum atomic E-state index is 0.0463. The van der Waals surface area contributed by atoms with Crippen LogP contribution in [0.2, 0.25) is 5.15 Å². The Morgan fingerprint density at radius 2 is 2.21 bits per heavy atom. The standard InChI is InChI=1S/C14H18ClN3O/c1-3-10(2)16-13(19)8-9-18-12-7-5-4-6-11(12)14(15)17-18/h4-7,10H,3,8-9H2,1-2H3,(H,16,19). The zero-order chi connectivity index (χ0) is 13.8. The second kappa shape index (κ2) is 6.06. The predicted octanol–water partition coefficient (Wildman–Crippen LogP) is 2.99. The van der Waals surface area contributed by atoms with Crippen LogP contribution in [0.4, 0.5) is 0 Å². The SMILES string of the molecule is CCC(C)NC(=O)CCn1nc(Cl)c2ccccc21. The predicted molar refractivity (Wildman–Crippen MR) is 77.3 cm³/mol. The molecule has 1 unspecified atom stereocenters. The van der Waals surface area contributed by atoms with Crippen molar-refractivity contribution in [2.75, 3.05) is 0 Å². The van der Waals surface area contributed by atoms with E-state index < -0.39 is 0 Å². The lowest BCUT2D eigenvalue weighted by Gasteiger charge is -2.11. The third-order valence-electron chi connectivity index (χ3n) is 3.18. The molecular weight excluding hydrogens is 262 g/mol. The van der Waals surface area contributed by atoms with Crippen LogP contribution in [0.25, 0.3) is 10.9 Å². The number of fused-ring (bicyclic) bond motifs is 1. The second-order valence-electron chi connectivity index (χ2n) is 4.66. The van der Waals surface area contributed by atoms with Gasteiger partial charge in [0.1, 0.15) is 0 Å². The highest BCUT2D eigenvalue weighted by atomic mass is 35.5. The molecule has 0 radical (unpaired) electrons. The van der Waals surface area contributed by atoms with Gasteiger partial charge in [0.15, 0.2) is 5.15 Å². The maximum atomic E-state index is 11.7. The lowest BCUT2D eigenvalue weighted by Crippen LogP contribution is -2.32. The Balaban J connectivity index is 2.04. The van der Waals surface area contributed by atoms with Crippen LogP contribution in [0.15, 0.2) is 24.3 Å². The van der Waals surface area contributed by atoms with E-state index in [9.17, 15) is 4.79 Å². The van der Waals surface area contributed by atoms with Crippen molar-refractivity contribution >= 4 is 28.4 Å². The number of hydrogen-bond donors (Lipinski definition) is 1. The van der Waals surface area contributed by atoms with Crippen LogP contribution in [0.3, 0.4) is 0 Å². The molecule has 0 bridgehead atoms. The number of carbonyl (C=O) groups excluding carboxylic acids is 1. The van der Waals surface area contributed by atoms with Crippen molar-refractivity contribution in [3.05, 3.63) is 29.4 Å². The molecule has 0 aliphatic rings. The number of aromatic nitrogens is 2. The van der Waals surface area contributed by atoms with E-state index in [0.29, 0.717) is 18.1 Å². The molecule has 1 amide bonds. The Morgan fingerprint density at radius 1 is 1.47 bits per heavy atom. The zero-order valence-corrected chi connectivity index (χ0v) is 11.9. The molecule has 1 aromatic carbocycles. The van der Waals surface area contributed by atoms with Crippen LogP contribution in [-0.2, 0) is 11.3 Å². The van der Waals surface area contributed by atoms with Gasteiger partial charge in [-0.3, -0.25) is 9.48 Å². The van der Waals surface area contributed by atoms with Crippen molar-refractivity contribution in [2.45, 2.75) is 39.3 Å². The first-order chi connectivity index (χ1) is 9.11. The van der Waals surface area contributed by atoms with Gasteiger partial charge in [-0.15, -0.1) is 0 Å². The van der Waals surface area contributed by atoms with Crippen LogP contribution < -0.4 is 5.32 Å². The van der Waals surface area contributed by atoms with Gasteiger partial charge in [0.05, 0.1) is 12.1 Å². The third kappa shape index (κ3) is 3.26. The fraction of sp³-hybridized carbons (Fsp3) is 0.429. The minimum absolute atomic E-state index is 0.0463. The maximum absolute atomic E-state index is 11.7. The first-order valence-corrected chi connectivity index (χ1v) is 6.90. The van der Waals surface area contributed by atoms with Crippen LogP contribution in [0.5, 0.6) is 0 Å². The first kappa shape index (κ1) is 13.9. The van der Waals surface area contributed by atoms with E-state index in [1.807, 2.05) is 38.1 Å². The van der Waals surface area contributed by atoms with Gasteiger partial charge >= 0.3 is 0 Å². The summed E-state index contributed by atoms with van der Waals surface area (Å²) < 4.78 is 1.79. The molecule has 1 heterocycles. The Kier molecular flexibility index (Phi) is 4.43. The average molecular weight is 280 g/mol. The zero-order valence-electron chi connectivity index (χ0n) is 11.2. The van der Waals surface area contributed by atoms with E-state index in [1.54, 1.807) is 4.68 Å². The van der Waals surface area contributed by atoms with Crippen molar-refractivity contribution in [1.82, 2.24) is 15.1 Å². The van der Waals surface area contributed by atoms with Gasteiger partial charge in [0, 0.05) is 17.8 Å². The fourth-order valence-electron chi connectivity index (χ4n) is 1.91. The quantitative estimate of drug-likeness (QED) is 0.915. The summed E-state index contributed by atoms with van der Waals surface area (Å²) in [6.45, 7) is 4.58. The van der Waals surface area contributed by atoms with Crippen LogP contribution in [-0.4, -0.2) is 21.7 Å². The molecule has 102 valence electrons. The molecule has 0 saturated carbocycles. The van der Waals surface area contributed by atoms with Gasteiger partial charge in [-0.25, -0.2) is 0 Å². The van der Waals surface area contributed by atoms with Gasteiger partial charge in [-0.2, -0.15) is 5.10 Å². The van der Waals surface area contributed by atoms with E-state index in [0.717, 1.165) is 17.3 Å². The smallest absolute Gasteiger partial charge is 0.222 e. The highest BCUT2D eigenvalue weighted by molar-refractivity contribution is 6.34. The lowest BCUT2D eigenvalue weighted by atomic mass is 10.2. The summed E-state index contributed by atoms with van der Waals surface area (Å²) in [4.78, 5) is 11.7. The molecule has 5 heteroatoms. The number of aryl methyl sites for hydroxylation is 1. The van der Waals surface area contributed by atoms with E-state index in [-0.39, 0.29) is 11.9 Å². The highest BCUT2D eigenvalue weighted by Crippen LogP contribution is 2.22. The molecule has 19 heavy (non-hydrogen) atoms. The number of amides is 1. The van der Waals surface area contributed by atoms with E-state index >= 15 is 0 Å². The number of rotatable bonds is 5. The number of halogens is 1. The summed E-state index contributed by atoms with van der Waals surface area (Å²) in [6.07, 6.45) is 1.34. The second-order valence-corrected chi connectivity index (χ2v) is 5.02. The maximum Gasteiger partial charge on any atom is 0.222 e. The number of benzene rings is 1. The lowest BCUT2D eigenvalue weighted by molar-refractivity contribution is -0.121. The number of carbonyl (C=O) groups is 1. The van der Waals surface area contributed by atoms with Crippen molar-refractivity contribution in [1.29, 1.82) is 0 Å². The minimum Gasteiger partial charge on any atom is -0.354 e. The van der Waals surface area contributed by atoms with Gasteiger partial charge in [0.2, 0.25) is 5.91 Å². The molecule has 0 fully saturated rings. The van der Waals surface area contributed by atoms with Gasteiger partial charge in [-0.05, 0) is 25.5 Å². The van der Waals surface area contributed by atoms with Crippen molar-refractivity contribution < 1.29 is 4.79 Å². The Morgan fingerprint density at radius 3 is 2.95 bits per heavy atom. The number of hydrogen-bond acceptors (Lipinski definition) is 2. The monoisotopic (exact) mass is 279 g/mol. The summed E-state index contributed by atoms with van der Waals surface area (Å²) in [6, 6.07) is 7.97. The Labute approximate surface area is 117 Å². The van der Waals surface area contributed by atoms with E-state index in [4.69, 9.17) is 11.6 Å². The summed E-state index contributed by atoms with van der Waals surface area (Å²) in [7, 11) is 0. The molecule has 4 nitrogen and oxygen atoms in total.